The Kier molecular flexibility index (Phi) is 4.21. The zero-order valence-electron chi connectivity index (χ0n) is 10.4. The molecule has 0 aliphatic heterocycles. The third-order valence-electron chi connectivity index (χ3n) is 2.64. The van der Waals surface area contributed by atoms with Crippen LogP contribution in [0.2, 0.25) is 0 Å². The van der Waals surface area contributed by atoms with E-state index in [-0.39, 0.29) is 23.5 Å². The fourth-order valence-electron chi connectivity index (χ4n) is 1.65. The second-order valence-corrected chi connectivity index (χ2v) is 3.96. The summed E-state index contributed by atoms with van der Waals surface area (Å²) < 4.78 is 26.4. The van der Waals surface area contributed by atoms with Crippen LogP contribution in [0.3, 0.4) is 0 Å². The topological polar surface area (TPSA) is 80.0 Å². The minimum atomic E-state index is -0.588. The minimum Gasteiger partial charge on any atom is -0.348 e. The SMILES string of the molecule is NNc1ncccc1C(=O)NCc1cc(F)ccc1F. The quantitative estimate of drug-likeness (QED) is 0.586. The maximum Gasteiger partial charge on any atom is 0.255 e. The summed E-state index contributed by atoms with van der Waals surface area (Å²) >= 11 is 0. The zero-order valence-corrected chi connectivity index (χ0v) is 10.4. The van der Waals surface area contributed by atoms with Crippen molar-refractivity contribution in [2.45, 2.75) is 6.54 Å². The van der Waals surface area contributed by atoms with Gasteiger partial charge >= 0.3 is 0 Å². The number of nitrogens with one attached hydrogen (secondary N) is 2. The van der Waals surface area contributed by atoms with E-state index in [2.05, 4.69) is 15.7 Å². The third-order valence-corrected chi connectivity index (χ3v) is 2.64. The van der Waals surface area contributed by atoms with E-state index < -0.39 is 17.5 Å². The van der Waals surface area contributed by atoms with E-state index in [1.54, 1.807) is 6.07 Å². The summed E-state index contributed by atoms with van der Waals surface area (Å²) in [4.78, 5) is 15.8. The first-order chi connectivity index (χ1) is 9.61. The summed E-state index contributed by atoms with van der Waals surface area (Å²) in [5, 5.41) is 2.48. The van der Waals surface area contributed by atoms with Crippen LogP contribution in [0.15, 0.2) is 36.5 Å². The van der Waals surface area contributed by atoms with Gasteiger partial charge in [-0.25, -0.2) is 19.6 Å². The van der Waals surface area contributed by atoms with Gasteiger partial charge in [-0.15, -0.1) is 0 Å². The average Bonchev–Trinajstić information content (AvgIpc) is 2.47. The van der Waals surface area contributed by atoms with Crippen LogP contribution in [0.1, 0.15) is 15.9 Å². The van der Waals surface area contributed by atoms with Gasteiger partial charge in [0, 0.05) is 18.3 Å². The smallest absolute Gasteiger partial charge is 0.255 e. The first kappa shape index (κ1) is 13.9. The molecule has 0 bridgehead atoms. The lowest BCUT2D eigenvalue weighted by Gasteiger charge is -2.09. The van der Waals surface area contributed by atoms with E-state index in [1.807, 2.05) is 0 Å². The van der Waals surface area contributed by atoms with E-state index in [0.717, 1.165) is 18.2 Å². The molecule has 0 unspecified atom stereocenters. The number of hydrogen-bond donors (Lipinski definition) is 3. The number of anilines is 1. The van der Waals surface area contributed by atoms with Gasteiger partial charge < -0.3 is 10.7 Å². The normalized spacial score (nSPS) is 10.2. The van der Waals surface area contributed by atoms with Crippen molar-refractivity contribution < 1.29 is 13.6 Å². The number of hydrogen-bond acceptors (Lipinski definition) is 4. The molecule has 0 spiro atoms. The Balaban J connectivity index is 2.11. The Morgan fingerprint density at radius 2 is 2.10 bits per heavy atom. The van der Waals surface area contributed by atoms with Crippen molar-refractivity contribution in [1.29, 1.82) is 0 Å². The molecule has 1 aromatic heterocycles. The molecule has 1 amide bonds. The second kappa shape index (κ2) is 6.07. The van der Waals surface area contributed by atoms with Crippen molar-refractivity contribution in [3.63, 3.8) is 0 Å². The molecule has 0 radical (unpaired) electrons. The molecule has 5 nitrogen and oxygen atoms in total. The van der Waals surface area contributed by atoms with Gasteiger partial charge in [0.1, 0.15) is 11.6 Å². The van der Waals surface area contributed by atoms with Crippen LogP contribution in [-0.4, -0.2) is 10.9 Å². The van der Waals surface area contributed by atoms with Crippen molar-refractivity contribution in [3.8, 4) is 0 Å². The third kappa shape index (κ3) is 3.07. The lowest BCUT2D eigenvalue weighted by molar-refractivity contribution is 0.0951. The summed E-state index contributed by atoms with van der Waals surface area (Å²) in [7, 11) is 0. The van der Waals surface area contributed by atoms with Gasteiger partial charge in [-0.1, -0.05) is 0 Å². The molecule has 2 rings (SSSR count). The molecule has 0 saturated heterocycles. The van der Waals surface area contributed by atoms with E-state index in [9.17, 15) is 13.6 Å². The van der Waals surface area contributed by atoms with Crippen LogP contribution in [0.5, 0.6) is 0 Å². The number of halogens is 2. The number of rotatable bonds is 4. The molecule has 1 aromatic carbocycles. The minimum absolute atomic E-state index is 0.0597. The summed E-state index contributed by atoms with van der Waals surface area (Å²) in [5.41, 5.74) is 2.56. The summed E-state index contributed by atoms with van der Waals surface area (Å²) in [6.45, 7) is -0.138. The molecular formula is C13H12F2N4O. The monoisotopic (exact) mass is 278 g/mol. The molecular weight excluding hydrogens is 266 g/mol. The Morgan fingerprint density at radius 3 is 2.85 bits per heavy atom. The summed E-state index contributed by atoms with van der Waals surface area (Å²) in [6, 6.07) is 6.13. The van der Waals surface area contributed by atoms with Crippen molar-refractivity contribution in [3.05, 3.63) is 59.3 Å². The van der Waals surface area contributed by atoms with Crippen LogP contribution in [0, 0.1) is 11.6 Å². The van der Waals surface area contributed by atoms with Crippen molar-refractivity contribution in [1.82, 2.24) is 10.3 Å². The lowest BCUT2D eigenvalue weighted by atomic mass is 10.2. The fraction of sp³-hybridized carbons (Fsp3) is 0.0769. The summed E-state index contributed by atoms with van der Waals surface area (Å²) in [5.74, 6) is 3.79. The van der Waals surface area contributed by atoms with Crippen LogP contribution < -0.4 is 16.6 Å². The van der Waals surface area contributed by atoms with Gasteiger partial charge in [-0.2, -0.15) is 0 Å². The van der Waals surface area contributed by atoms with Gasteiger partial charge in [0.25, 0.3) is 5.91 Å². The van der Waals surface area contributed by atoms with E-state index in [4.69, 9.17) is 5.84 Å². The number of hydrazine groups is 1. The standard InChI is InChI=1S/C13H12F2N4O/c14-9-3-4-11(15)8(6-9)7-18-13(20)10-2-1-5-17-12(10)19-16/h1-6H,7,16H2,(H,17,19)(H,18,20). The van der Waals surface area contributed by atoms with Gasteiger partial charge in [-0.05, 0) is 30.3 Å². The van der Waals surface area contributed by atoms with E-state index >= 15 is 0 Å². The number of aromatic nitrogens is 1. The van der Waals surface area contributed by atoms with E-state index in [1.165, 1.54) is 12.3 Å². The Bertz CT molecular complexity index is 634. The molecule has 1 heterocycles. The molecule has 0 atom stereocenters. The van der Waals surface area contributed by atoms with Crippen molar-refractivity contribution in [2.75, 3.05) is 5.43 Å². The second-order valence-electron chi connectivity index (χ2n) is 3.96. The predicted molar refractivity (Wildman–Crippen MR) is 69.6 cm³/mol. The molecule has 0 aliphatic rings. The first-order valence-electron chi connectivity index (χ1n) is 5.75. The Hall–Kier alpha value is -2.54. The van der Waals surface area contributed by atoms with Gasteiger partial charge in [0.05, 0.1) is 5.56 Å². The molecule has 2 aromatic rings. The van der Waals surface area contributed by atoms with Crippen LogP contribution >= 0.6 is 0 Å². The maximum absolute atomic E-state index is 13.4. The molecule has 4 N–H and O–H groups in total. The lowest BCUT2D eigenvalue weighted by Crippen LogP contribution is -2.25. The van der Waals surface area contributed by atoms with Crippen LogP contribution in [-0.2, 0) is 6.54 Å². The number of nitrogens with two attached hydrogens (primary N) is 1. The number of nitrogen functional groups attached to an aromatic ring is 1. The molecule has 7 heteroatoms. The highest BCUT2D eigenvalue weighted by Crippen LogP contribution is 2.12. The number of carbonyl (C=O) groups is 1. The highest BCUT2D eigenvalue weighted by molar-refractivity contribution is 5.98. The first-order valence-corrected chi connectivity index (χ1v) is 5.75. The number of pyridine rings is 1. The maximum atomic E-state index is 13.4. The molecule has 0 saturated carbocycles. The van der Waals surface area contributed by atoms with E-state index in [0.29, 0.717) is 0 Å². The molecule has 0 aliphatic carbocycles. The van der Waals surface area contributed by atoms with Gasteiger partial charge in [-0.3, -0.25) is 4.79 Å². The Morgan fingerprint density at radius 1 is 1.30 bits per heavy atom. The fourth-order valence-corrected chi connectivity index (χ4v) is 1.65. The van der Waals surface area contributed by atoms with Gasteiger partial charge in [0.15, 0.2) is 5.82 Å². The van der Waals surface area contributed by atoms with Crippen molar-refractivity contribution in [2.24, 2.45) is 5.84 Å². The number of benzene rings is 1. The molecule has 20 heavy (non-hydrogen) atoms. The van der Waals surface area contributed by atoms with Crippen LogP contribution in [0.4, 0.5) is 14.6 Å². The highest BCUT2D eigenvalue weighted by atomic mass is 19.1. The van der Waals surface area contributed by atoms with Crippen molar-refractivity contribution >= 4 is 11.7 Å². The Labute approximate surface area is 113 Å². The highest BCUT2D eigenvalue weighted by Gasteiger charge is 2.12. The van der Waals surface area contributed by atoms with Gasteiger partial charge in [0.2, 0.25) is 0 Å². The number of amides is 1. The molecule has 0 fully saturated rings. The average molecular weight is 278 g/mol. The van der Waals surface area contributed by atoms with Crippen LogP contribution in [0.25, 0.3) is 0 Å². The molecule has 104 valence electrons. The predicted octanol–water partition coefficient (Wildman–Crippen LogP) is 1.58. The largest absolute Gasteiger partial charge is 0.348 e. The number of nitrogens with zero attached hydrogens (tertiary/aromatic N) is 1. The zero-order chi connectivity index (χ0) is 14.5. The summed E-state index contributed by atoms with van der Waals surface area (Å²) in [6.07, 6.45) is 1.47. The number of carbonyl (C=O) groups excluding carboxylic acids is 1.